The fourth-order valence-corrected chi connectivity index (χ4v) is 5.50. The normalized spacial score (nSPS) is 17.8. The number of amidine groups is 1. The molecule has 0 saturated carbocycles. The van der Waals surface area contributed by atoms with Crippen molar-refractivity contribution >= 4 is 41.4 Å². The lowest BCUT2D eigenvalue weighted by Crippen LogP contribution is -2.41. The third-order valence-electron chi connectivity index (χ3n) is 5.77. The van der Waals surface area contributed by atoms with E-state index in [1.165, 1.54) is 47.1 Å². The summed E-state index contributed by atoms with van der Waals surface area (Å²) < 4.78 is 0. The number of benzene rings is 2. The molecule has 1 fully saturated rings. The topological polar surface area (TPSA) is 56.4 Å². The van der Waals surface area contributed by atoms with Gasteiger partial charge in [-0.25, -0.2) is 0 Å². The summed E-state index contributed by atoms with van der Waals surface area (Å²) in [7, 11) is 0. The molecule has 1 saturated heterocycles. The first-order valence-corrected chi connectivity index (χ1v) is 11.0. The molecule has 0 bridgehead atoms. The molecule has 156 valence electrons. The second-order valence-electron chi connectivity index (χ2n) is 8.72. The molecular formula is C23H31ClN4S. The summed E-state index contributed by atoms with van der Waals surface area (Å²) in [5, 5.41) is 7.82. The zero-order valence-electron chi connectivity index (χ0n) is 17.3. The van der Waals surface area contributed by atoms with Crippen molar-refractivity contribution in [1.29, 1.82) is 5.41 Å². The summed E-state index contributed by atoms with van der Waals surface area (Å²) in [6, 6.07) is 14.7. The van der Waals surface area contributed by atoms with Crippen LogP contribution in [-0.2, 0) is 0 Å². The van der Waals surface area contributed by atoms with E-state index >= 15 is 0 Å². The minimum atomic E-state index is 0. The number of likely N-dealkylation sites (tertiary alicyclic amines) is 1. The van der Waals surface area contributed by atoms with Crippen LogP contribution in [0.3, 0.4) is 0 Å². The second-order valence-corrected chi connectivity index (χ2v) is 9.80. The van der Waals surface area contributed by atoms with Gasteiger partial charge in [0.25, 0.3) is 0 Å². The van der Waals surface area contributed by atoms with E-state index in [1.54, 1.807) is 11.8 Å². The molecule has 2 aliphatic rings. The van der Waals surface area contributed by atoms with Gasteiger partial charge in [-0.05, 0) is 62.0 Å². The van der Waals surface area contributed by atoms with Crippen molar-refractivity contribution < 1.29 is 0 Å². The van der Waals surface area contributed by atoms with Crippen LogP contribution in [0.25, 0.3) is 0 Å². The predicted molar refractivity (Wildman–Crippen MR) is 126 cm³/mol. The molecule has 2 heterocycles. The van der Waals surface area contributed by atoms with Crippen LogP contribution in [0.15, 0.2) is 52.3 Å². The molecule has 2 aliphatic heterocycles. The quantitative estimate of drug-likeness (QED) is 0.485. The highest BCUT2D eigenvalue weighted by atomic mass is 35.5. The number of nitrogens with two attached hydrogens (primary N) is 1. The molecule has 4 rings (SSSR count). The minimum absolute atomic E-state index is 0. The molecule has 2 aromatic carbocycles. The summed E-state index contributed by atoms with van der Waals surface area (Å²) in [4.78, 5) is 7.58. The van der Waals surface area contributed by atoms with E-state index in [-0.39, 0.29) is 18.2 Å². The van der Waals surface area contributed by atoms with Crippen LogP contribution < -0.4 is 10.6 Å². The fraction of sp³-hybridized carbons (Fsp3) is 0.435. The number of nitrogens with zero attached hydrogens (tertiary/aromatic N) is 2. The summed E-state index contributed by atoms with van der Waals surface area (Å²) in [6.45, 7) is 9.30. The fourth-order valence-electron chi connectivity index (χ4n) is 4.43. The summed E-state index contributed by atoms with van der Waals surface area (Å²) in [5.74, 6) is 0.127. The number of para-hydroxylation sites is 1. The van der Waals surface area contributed by atoms with Gasteiger partial charge in [0, 0.05) is 28.4 Å². The maximum absolute atomic E-state index is 7.82. The number of nitrogen functional groups attached to an aromatic ring is 1. The largest absolute Gasteiger partial charge is 0.384 e. The van der Waals surface area contributed by atoms with Crippen molar-refractivity contribution in [3.05, 3.63) is 48.0 Å². The number of rotatable bonds is 5. The van der Waals surface area contributed by atoms with Crippen molar-refractivity contribution in [2.75, 3.05) is 31.1 Å². The average Bonchev–Trinajstić information content (AvgIpc) is 2.66. The van der Waals surface area contributed by atoms with Gasteiger partial charge in [0.15, 0.2) is 0 Å². The summed E-state index contributed by atoms with van der Waals surface area (Å²) >= 11 is 1.80. The Labute approximate surface area is 184 Å². The first kappa shape index (κ1) is 22.0. The Kier molecular flexibility index (Phi) is 6.82. The van der Waals surface area contributed by atoms with Gasteiger partial charge in [-0.15, -0.1) is 12.4 Å². The predicted octanol–water partition coefficient (Wildman–Crippen LogP) is 5.51. The van der Waals surface area contributed by atoms with Gasteiger partial charge in [-0.1, -0.05) is 43.8 Å². The maximum atomic E-state index is 7.82. The van der Waals surface area contributed by atoms with Crippen LogP contribution in [0.4, 0.5) is 11.4 Å². The number of hydrogen-bond acceptors (Lipinski definition) is 4. The molecule has 0 aliphatic carbocycles. The van der Waals surface area contributed by atoms with Crippen LogP contribution in [-0.4, -0.2) is 36.9 Å². The molecule has 0 atom stereocenters. The Morgan fingerprint density at radius 2 is 1.86 bits per heavy atom. The van der Waals surface area contributed by atoms with E-state index < -0.39 is 0 Å². The SMILES string of the molecule is CC1(C)CCCN(CCCN2c3ccccc3Sc3ccc(C(=N)N)cc32)C1.Cl. The Bertz CT molecular complexity index is 883. The summed E-state index contributed by atoms with van der Waals surface area (Å²) in [5.41, 5.74) is 9.43. The van der Waals surface area contributed by atoms with Crippen molar-refractivity contribution in [2.24, 2.45) is 11.1 Å². The molecular weight excluding hydrogens is 400 g/mol. The lowest BCUT2D eigenvalue weighted by atomic mass is 9.84. The van der Waals surface area contributed by atoms with E-state index in [0.29, 0.717) is 5.41 Å². The molecule has 3 N–H and O–H groups in total. The van der Waals surface area contributed by atoms with E-state index in [1.807, 2.05) is 6.07 Å². The zero-order chi connectivity index (χ0) is 19.7. The van der Waals surface area contributed by atoms with Crippen molar-refractivity contribution in [3.8, 4) is 0 Å². The van der Waals surface area contributed by atoms with E-state index in [9.17, 15) is 0 Å². The third-order valence-corrected chi connectivity index (χ3v) is 6.90. The Balaban J connectivity index is 0.00000240. The van der Waals surface area contributed by atoms with Crippen molar-refractivity contribution in [2.45, 2.75) is 42.9 Å². The highest BCUT2D eigenvalue weighted by Gasteiger charge is 2.27. The zero-order valence-corrected chi connectivity index (χ0v) is 18.9. The summed E-state index contributed by atoms with van der Waals surface area (Å²) in [6.07, 6.45) is 3.77. The van der Waals surface area contributed by atoms with Crippen molar-refractivity contribution in [3.63, 3.8) is 0 Å². The number of nitrogens with one attached hydrogen (secondary N) is 1. The van der Waals surface area contributed by atoms with Gasteiger partial charge < -0.3 is 15.5 Å². The first-order chi connectivity index (χ1) is 13.4. The Morgan fingerprint density at radius 1 is 1.10 bits per heavy atom. The molecule has 4 nitrogen and oxygen atoms in total. The molecule has 0 aromatic heterocycles. The van der Waals surface area contributed by atoms with Crippen LogP contribution in [0.5, 0.6) is 0 Å². The third kappa shape index (κ3) is 4.90. The smallest absolute Gasteiger partial charge is 0.122 e. The number of fused-ring (bicyclic) bond motifs is 2. The monoisotopic (exact) mass is 430 g/mol. The Morgan fingerprint density at radius 3 is 2.62 bits per heavy atom. The molecule has 0 amide bonds. The molecule has 2 aromatic rings. The number of anilines is 2. The second kappa shape index (κ2) is 8.99. The highest BCUT2D eigenvalue weighted by molar-refractivity contribution is 7.99. The van der Waals surface area contributed by atoms with Gasteiger partial charge >= 0.3 is 0 Å². The van der Waals surface area contributed by atoms with Gasteiger partial charge in [-0.3, -0.25) is 5.41 Å². The van der Waals surface area contributed by atoms with Crippen LogP contribution >= 0.6 is 24.2 Å². The van der Waals surface area contributed by atoms with Gasteiger partial charge in [-0.2, -0.15) is 0 Å². The lowest BCUT2D eigenvalue weighted by molar-refractivity contribution is 0.117. The number of halogens is 1. The highest BCUT2D eigenvalue weighted by Crippen LogP contribution is 2.48. The molecule has 0 spiro atoms. The minimum Gasteiger partial charge on any atom is -0.384 e. The maximum Gasteiger partial charge on any atom is 0.122 e. The van der Waals surface area contributed by atoms with E-state index in [0.717, 1.165) is 25.1 Å². The van der Waals surface area contributed by atoms with Crippen LogP contribution in [0.1, 0.15) is 38.7 Å². The number of hydrogen-bond donors (Lipinski definition) is 2. The molecule has 0 unspecified atom stereocenters. The van der Waals surface area contributed by atoms with Crippen LogP contribution in [0, 0.1) is 10.8 Å². The van der Waals surface area contributed by atoms with Gasteiger partial charge in [0.1, 0.15) is 5.84 Å². The average molecular weight is 431 g/mol. The Hall–Kier alpha value is -1.69. The standard InChI is InChI=1S/C23H30N4S.ClH/c1-23(2)11-5-12-26(16-23)13-6-14-27-18-7-3-4-8-20(18)28-21-10-9-17(22(24)25)15-19(21)27;/h3-4,7-10,15H,5-6,11-14,16H2,1-2H3,(H3,24,25);1H. The molecule has 0 radical (unpaired) electrons. The van der Waals surface area contributed by atoms with Gasteiger partial charge in [0.05, 0.1) is 11.4 Å². The molecule has 29 heavy (non-hydrogen) atoms. The van der Waals surface area contributed by atoms with E-state index in [2.05, 4.69) is 60.0 Å². The van der Waals surface area contributed by atoms with E-state index in [4.69, 9.17) is 11.1 Å². The van der Waals surface area contributed by atoms with Crippen LogP contribution in [0.2, 0.25) is 0 Å². The van der Waals surface area contributed by atoms with Gasteiger partial charge in [0.2, 0.25) is 0 Å². The lowest BCUT2D eigenvalue weighted by Gasteiger charge is -2.39. The number of piperidine rings is 1. The van der Waals surface area contributed by atoms with Crippen molar-refractivity contribution in [1.82, 2.24) is 4.90 Å². The first-order valence-electron chi connectivity index (χ1n) is 10.2. The molecule has 6 heteroatoms.